The first-order chi connectivity index (χ1) is 11.1. The lowest BCUT2D eigenvalue weighted by molar-refractivity contribution is -0.384. The summed E-state index contributed by atoms with van der Waals surface area (Å²) in [7, 11) is 0. The van der Waals surface area contributed by atoms with E-state index in [1.54, 1.807) is 6.07 Å². The fourth-order valence-electron chi connectivity index (χ4n) is 2.59. The van der Waals surface area contributed by atoms with Crippen molar-refractivity contribution < 1.29 is 14.5 Å². The third-order valence-corrected chi connectivity index (χ3v) is 3.73. The zero-order chi connectivity index (χ0) is 16.7. The number of benzene rings is 1. The molecule has 1 fully saturated rings. The monoisotopic (exact) mass is 321 g/mol. The Labute approximate surface area is 135 Å². The Kier molecular flexibility index (Phi) is 6.34. The van der Waals surface area contributed by atoms with Crippen molar-refractivity contribution >= 4 is 17.3 Å². The first kappa shape index (κ1) is 17.2. The molecule has 0 atom stereocenters. The molecule has 1 aromatic rings. The SMILES string of the molecule is CCCOc1ccc(NC(=O)CN2CCCCC2)c([N+](=O)[O-])c1. The first-order valence-corrected chi connectivity index (χ1v) is 8.03. The van der Waals surface area contributed by atoms with Crippen LogP contribution in [0.25, 0.3) is 0 Å². The molecule has 1 N–H and O–H groups in total. The second-order valence-corrected chi connectivity index (χ2v) is 5.67. The summed E-state index contributed by atoms with van der Waals surface area (Å²) < 4.78 is 5.40. The molecule has 1 amide bonds. The molecule has 0 spiro atoms. The Bertz CT molecular complexity index is 556. The summed E-state index contributed by atoms with van der Waals surface area (Å²) in [6.45, 7) is 4.53. The molecule has 0 bridgehead atoms. The van der Waals surface area contributed by atoms with E-state index in [4.69, 9.17) is 4.74 Å². The number of amides is 1. The molecule has 0 saturated carbocycles. The number of nitro groups is 1. The third kappa shape index (κ3) is 5.21. The first-order valence-electron chi connectivity index (χ1n) is 8.03. The van der Waals surface area contributed by atoms with Gasteiger partial charge in [0.1, 0.15) is 11.4 Å². The normalized spacial score (nSPS) is 15.2. The summed E-state index contributed by atoms with van der Waals surface area (Å²) in [5.41, 5.74) is 0.0615. The van der Waals surface area contributed by atoms with Gasteiger partial charge in [0.05, 0.1) is 24.1 Å². The largest absolute Gasteiger partial charge is 0.493 e. The maximum absolute atomic E-state index is 12.1. The van der Waals surface area contributed by atoms with Gasteiger partial charge in [-0.3, -0.25) is 19.8 Å². The molecule has 126 valence electrons. The molecular weight excluding hydrogens is 298 g/mol. The number of nitrogens with one attached hydrogen (secondary N) is 1. The van der Waals surface area contributed by atoms with Crippen LogP contribution in [0.1, 0.15) is 32.6 Å². The van der Waals surface area contributed by atoms with Crippen molar-refractivity contribution in [2.45, 2.75) is 32.6 Å². The number of anilines is 1. The second-order valence-electron chi connectivity index (χ2n) is 5.67. The van der Waals surface area contributed by atoms with Crippen LogP contribution in [0.4, 0.5) is 11.4 Å². The molecular formula is C16H23N3O4. The molecule has 23 heavy (non-hydrogen) atoms. The highest BCUT2D eigenvalue weighted by Gasteiger charge is 2.19. The van der Waals surface area contributed by atoms with E-state index in [2.05, 4.69) is 10.2 Å². The highest BCUT2D eigenvalue weighted by Crippen LogP contribution is 2.29. The van der Waals surface area contributed by atoms with E-state index in [0.29, 0.717) is 12.4 Å². The summed E-state index contributed by atoms with van der Waals surface area (Å²) in [4.78, 5) is 24.9. The smallest absolute Gasteiger partial charge is 0.296 e. The molecule has 0 radical (unpaired) electrons. The topological polar surface area (TPSA) is 84.7 Å². The van der Waals surface area contributed by atoms with Gasteiger partial charge in [0.25, 0.3) is 5.69 Å². The van der Waals surface area contributed by atoms with Gasteiger partial charge in [0.15, 0.2) is 0 Å². The second kappa shape index (κ2) is 8.47. The van der Waals surface area contributed by atoms with Crippen LogP contribution in [-0.2, 0) is 4.79 Å². The van der Waals surface area contributed by atoms with Gasteiger partial charge in [0.2, 0.25) is 5.91 Å². The number of carbonyl (C=O) groups excluding carboxylic acids is 1. The van der Waals surface area contributed by atoms with Crippen LogP contribution in [0, 0.1) is 10.1 Å². The fourth-order valence-corrected chi connectivity index (χ4v) is 2.59. The molecule has 1 aliphatic rings. The third-order valence-electron chi connectivity index (χ3n) is 3.73. The molecule has 7 nitrogen and oxygen atoms in total. The lowest BCUT2D eigenvalue weighted by Gasteiger charge is -2.25. The van der Waals surface area contributed by atoms with Gasteiger partial charge in [0, 0.05) is 0 Å². The van der Waals surface area contributed by atoms with Crippen LogP contribution in [0.5, 0.6) is 5.75 Å². The van der Waals surface area contributed by atoms with Crippen LogP contribution < -0.4 is 10.1 Å². The fraction of sp³-hybridized carbons (Fsp3) is 0.562. The molecule has 1 aromatic carbocycles. The maximum atomic E-state index is 12.1. The number of nitrogens with zero attached hydrogens (tertiary/aromatic N) is 2. The number of hydrogen-bond acceptors (Lipinski definition) is 5. The quantitative estimate of drug-likeness (QED) is 0.616. The number of rotatable bonds is 7. The lowest BCUT2D eigenvalue weighted by atomic mass is 10.1. The van der Waals surface area contributed by atoms with Crippen molar-refractivity contribution in [3.8, 4) is 5.75 Å². The molecule has 7 heteroatoms. The van der Waals surface area contributed by atoms with Crippen LogP contribution >= 0.6 is 0 Å². The Balaban J connectivity index is 2.02. The Hall–Kier alpha value is -2.15. The molecule has 2 rings (SSSR count). The summed E-state index contributed by atoms with van der Waals surface area (Å²) >= 11 is 0. The summed E-state index contributed by atoms with van der Waals surface area (Å²) in [5, 5.41) is 13.9. The van der Waals surface area contributed by atoms with Gasteiger partial charge >= 0.3 is 0 Å². The standard InChI is InChI=1S/C16H23N3O4/c1-2-10-23-13-6-7-14(15(11-13)19(21)22)17-16(20)12-18-8-4-3-5-9-18/h6-7,11H,2-5,8-10,12H2,1H3,(H,17,20). The summed E-state index contributed by atoms with van der Waals surface area (Å²) in [6, 6.07) is 4.52. The molecule has 1 heterocycles. The number of likely N-dealkylation sites (tertiary alicyclic amines) is 1. The van der Waals surface area contributed by atoms with Gasteiger partial charge in [-0.1, -0.05) is 13.3 Å². The zero-order valence-corrected chi connectivity index (χ0v) is 13.4. The minimum absolute atomic E-state index is 0.148. The van der Waals surface area contributed by atoms with E-state index < -0.39 is 4.92 Å². The van der Waals surface area contributed by atoms with Crippen molar-refractivity contribution in [3.05, 3.63) is 28.3 Å². The van der Waals surface area contributed by atoms with Gasteiger partial charge in [-0.25, -0.2) is 0 Å². The van der Waals surface area contributed by atoms with Crippen molar-refractivity contribution in [2.75, 3.05) is 31.6 Å². The molecule has 0 aromatic heterocycles. The number of hydrogen-bond donors (Lipinski definition) is 1. The average molecular weight is 321 g/mol. The zero-order valence-electron chi connectivity index (χ0n) is 13.4. The number of carbonyl (C=O) groups is 1. The highest BCUT2D eigenvalue weighted by atomic mass is 16.6. The predicted octanol–water partition coefficient (Wildman–Crippen LogP) is 2.81. The van der Waals surface area contributed by atoms with Crippen molar-refractivity contribution in [3.63, 3.8) is 0 Å². The van der Waals surface area contributed by atoms with Crippen LogP contribution in [-0.4, -0.2) is 42.0 Å². The highest BCUT2D eigenvalue weighted by molar-refractivity contribution is 5.94. The molecule has 0 aliphatic carbocycles. The van der Waals surface area contributed by atoms with Gasteiger partial charge in [-0.15, -0.1) is 0 Å². The van der Waals surface area contributed by atoms with Crippen LogP contribution in [0.2, 0.25) is 0 Å². The average Bonchev–Trinajstić information content (AvgIpc) is 2.54. The maximum Gasteiger partial charge on any atom is 0.296 e. The van der Waals surface area contributed by atoms with E-state index in [-0.39, 0.29) is 23.8 Å². The summed E-state index contributed by atoms with van der Waals surface area (Å²) in [6.07, 6.45) is 4.21. The minimum atomic E-state index is -0.505. The van der Waals surface area contributed by atoms with Crippen LogP contribution in [0.15, 0.2) is 18.2 Å². The minimum Gasteiger partial charge on any atom is -0.493 e. The van der Waals surface area contributed by atoms with Crippen molar-refractivity contribution in [2.24, 2.45) is 0 Å². The van der Waals surface area contributed by atoms with Crippen LogP contribution in [0.3, 0.4) is 0 Å². The van der Waals surface area contributed by atoms with E-state index in [1.165, 1.54) is 18.6 Å². The molecule has 1 aliphatic heterocycles. The number of nitro benzene ring substituents is 1. The van der Waals surface area contributed by atoms with E-state index in [9.17, 15) is 14.9 Å². The van der Waals surface area contributed by atoms with E-state index in [0.717, 1.165) is 32.4 Å². The number of ether oxygens (including phenoxy) is 1. The molecule has 0 unspecified atom stereocenters. The Morgan fingerprint density at radius 3 is 2.74 bits per heavy atom. The van der Waals surface area contributed by atoms with Gasteiger partial charge in [-0.2, -0.15) is 0 Å². The summed E-state index contributed by atoms with van der Waals surface area (Å²) in [5.74, 6) is 0.213. The van der Waals surface area contributed by atoms with E-state index >= 15 is 0 Å². The van der Waals surface area contributed by atoms with E-state index in [1.807, 2.05) is 6.92 Å². The van der Waals surface area contributed by atoms with Crippen molar-refractivity contribution in [1.82, 2.24) is 4.90 Å². The Morgan fingerprint density at radius 1 is 1.35 bits per heavy atom. The lowest BCUT2D eigenvalue weighted by Crippen LogP contribution is -2.36. The Morgan fingerprint density at radius 2 is 2.09 bits per heavy atom. The van der Waals surface area contributed by atoms with Crippen molar-refractivity contribution in [1.29, 1.82) is 0 Å². The number of piperidine rings is 1. The molecule has 1 saturated heterocycles. The van der Waals surface area contributed by atoms with Gasteiger partial charge < -0.3 is 10.1 Å². The predicted molar refractivity (Wildman–Crippen MR) is 87.8 cm³/mol. The van der Waals surface area contributed by atoms with Gasteiger partial charge in [-0.05, 0) is 44.5 Å².